The Morgan fingerprint density at radius 3 is 2.19 bits per heavy atom. The highest BCUT2D eigenvalue weighted by Crippen LogP contribution is 2.34. The predicted molar refractivity (Wildman–Crippen MR) is 86.2 cm³/mol. The van der Waals surface area contributed by atoms with Gasteiger partial charge in [-0.1, -0.05) is 36.4 Å². The molecule has 3 aromatic rings. The molecule has 3 N–H and O–H groups in total. The number of hydrogen-bond donors (Lipinski definition) is 2. The highest BCUT2D eigenvalue weighted by molar-refractivity contribution is 7.18. The lowest BCUT2D eigenvalue weighted by atomic mass is 10.1. The summed E-state index contributed by atoms with van der Waals surface area (Å²) in [5, 5.41) is 7.31. The molecular formula is C17H13FN2S. The maximum atomic E-state index is 13.9. The van der Waals surface area contributed by atoms with E-state index in [-0.39, 0.29) is 11.4 Å². The lowest BCUT2D eigenvalue weighted by molar-refractivity contribution is 0.625. The third-order valence-electron chi connectivity index (χ3n) is 3.21. The zero-order chi connectivity index (χ0) is 14.8. The van der Waals surface area contributed by atoms with Crippen LogP contribution in [0.3, 0.4) is 0 Å². The molecule has 0 bridgehead atoms. The van der Waals surface area contributed by atoms with Crippen molar-refractivity contribution >= 4 is 17.2 Å². The van der Waals surface area contributed by atoms with E-state index in [0.29, 0.717) is 0 Å². The fraction of sp³-hybridized carbons (Fsp3) is 0. The van der Waals surface area contributed by atoms with Gasteiger partial charge in [0.25, 0.3) is 0 Å². The van der Waals surface area contributed by atoms with Crippen LogP contribution in [0.2, 0.25) is 0 Å². The molecule has 1 heterocycles. The third-order valence-corrected chi connectivity index (χ3v) is 4.39. The first-order valence-corrected chi connectivity index (χ1v) is 7.26. The number of nitrogens with two attached hydrogens (primary N) is 1. The summed E-state index contributed by atoms with van der Waals surface area (Å²) in [6, 6.07) is 18.9. The Labute approximate surface area is 126 Å². The maximum absolute atomic E-state index is 13.9. The minimum atomic E-state index is -0.463. The van der Waals surface area contributed by atoms with Gasteiger partial charge in [-0.2, -0.15) is 0 Å². The van der Waals surface area contributed by atoms with Gasteiger partial charge < -0.3 is 5.73 Å². The van der Waals surface area contributed by atoms with Crippen LogP contribution >= 0.6 is 11.3 Å². The van der Waals surface area contributed by atoms with Gasteiger partial charge in [0.2, 0.25) is 0 Å². The van der Waals surface area contributed by atoms with Crippen molar-refractivity contribution in [2.75, 3.05) is 0 Å². The van der Waals surface area contributed by atoms with Gasteiger partial charge >= 0.3 is 0 Å². The summed E-state index contributed by atoms with van der Waals surface area (Å²) in [7, 11) is 0. The second-order valence-corrected chi connectivity index (χ2v) is 5.72. The SMILES string of the molecule is N=C(N)c1ccc(-c2ccc(-c3ccccc3)s2)cc1F. The number of halogens is 1. The predicted octanol–water partition coefficient (Wildman–Crippen LogP) is 4.51. The molecule has 0 amide bonds. The average molecular weight is 296 g/mol. The van der Waals surface area contributed by atoms with E-state index in [2.05, 4.69) is 12.1 Å². The molecule has 3 rings (SSSR count). The molecule has 1 aromatic heterocycles. The van der Waals surface area contributed by atoms with Crippen molar-refractivity contribution in [1.82, 2.24) is 0 Å². The van der Waals surface area contributed by atoms with Crippen molar-refractivity contribution in [2.45, 2.75) is 0 Å². The quantitative estimate of drug-likeness (QED) is 0.542. The molecule has 0 fully saturated rings. The van der Waals surface area contributed by atoms with Crippen molar-refractivity contribution < 1.29 is 4.39 Å². The van der Waals surface area contributed by atoms with E-state index in [9.17, 15) is 4.39 Å². The van der Waals surface area contributed by atoms with Crippen LogP contribution in [0.15, 0.2) is 60.7 Å². The second kappa shape index (κ2) is 5.50. The molecule has 0 unspecified atom stereocenters. The number of nitrogen functional groups attached to an aromatic ring is 1. The van der Waals surface area contributed by atoms with Crippen molar-refractivity contribution in [2.24, 2.45) is 5.73 Å². The van der Waals surface area contributed by atoms with Gasteiger partial charge in [0.05, 0.1) is 5.56 Å². The molecule has 0 saturated carbocycles. The number of nitrogens with one attached hydrogen (secondary N) is 1. The Hall–Kier alpha value is -2.46. The lowest BCUT2D eigenvalue weighted by Gasteiger charge is -2.03. The average Bonchev–Trinajstić information content (AvgIpc) is 2.97. The first-order valence-electron chi connectivity index (χ1n) is 6.45. The second-order valence-electron chi connectivity index (χ2n) is 4.64. The minimum Gasteiger partial charge on any atom is -0.384 e. The summed E-state index contributed by atoms with van der Waals surface area (Å²) in [6.45, 7) is 0. The Morgan fingerprint density at radius 1 is 0.905 bits per heavy atom. The summed E-state index contributed by atoms with van der Waals surface area (Å²) < 4.78 is 13.9. The van der Waals surface area contributed by atoms with Crippen LogP contribution in [-0.4, -0.2) is 5.84 Å². The molecule has 2 aromatic carbocycles. The first-order chi connectivity index (χ1) is 10.1. The van der Waals surface area contributed by atoms with Crippen molar-refractivity contribution in [3.63, 3.8) is 0 Å². The smallest absolute Gasteiger partial charge is 0.134 e. The molecule has 0 spiro atoms. The molecule has 104 valence electrons. The molecule has 0 atom stereocenters. The highest BCUT2D eigenvalue weighted by atomic mass is 32.1. The number of hydrogen-bond acceptors (Lipinski definition) is 2. The Morgan fingerprint density at radius 2 is 1.57 bits per heavy atom. The summed E-state index contributed by atoms with van der Waals surface area (Å²) in [5.74, 6) is -0.718. The fourth-order valence-electron chi connectivity index (χ4n) is 2.14. The summed E-state index contributed by atoms with van der Waals surface area (Å²) in [6.07, 6.45) is 0. The normalized spacial score (nSPS) is 10.5. The summed E-state index contributed by atoms with van der Waals surface area (Å²) in [4.78, 5) is 2.13. The monoisotopic (exact) mass is 296 g/mol. The van der Waals surface area contributed by atoms with Crippen LogP contribution in [0.4, 0.5) is 4.39 Å². The van der Waals surface area contributed by atoms with E-state index >= 15 is 0 Å². The zero-order valence-electron chi connectivity index (χ0n) is 11.1. The topological polar surface area (TPSA) is 49.9 Å². The van der Waals surface area contributed by atoms with Gasteiger partial charge in [-0.3, -0.25) is 5.41 Å². The fourth-order valence-corrected chi connectivity index (χ4v) is 3.15. The standard InChI is InChI=1S/C17H13FN2S/c18-14-10-12(6-7-13(14)17(19)20)16-9-8-15(21-16)11-4-2-1-3-5-11/h1-10H,(H3,19,20). The molecule has 0 aliphatic heterocycles. The molecule has 2 nitrogen and oxygen atoms in total. The molecule has 0 saturated heterocycles. The Balaban J connectivity index is 1.97. The molecular weight excluding hydrogens is 283 g/mol. The molecule has 0 aliphatic rings. The Bertz CT molecular complexity index is 794. The van der Waals surface area contributed by atoms with Crippen LogP contribution < -0.4 is 5.73 Å². The van der Waals surface area contributed by atoms with Gasteiger partial charge in [-0.15, -0.1) is 11.3 Å². The van der Waals surface area contributed by atoms with E-state index in [1.165, 1.54) is 6.07 Å². The highest BCUT2D eigenvalue weighted by Gasteiger charge is 2.09. The van der Waals surface area contributed by atoms with Gasteiger partial charge in [0.15, 0.2) is 0 Å². The zero-order valence-corrected chi connectivity index (χ0v) is 12.0. The number of benzene rings is 2. The van der Waals surface area contributed by atoms with E-state index in [1.807, 2.05) is 30.3 Å². The minimum absolute atomic E-state index is 0.138. The van der Waals surface area contributed by atoms with Gasteiger partial charge in [-0.05, 0) is 35.4 Å². The maximum Gasteiger partial charge on any atom is 0.134 e. The molecule has 4 heteroatoms. The largest absolute Gasteiger partial charge is 0.384 e. The summed E-state index contributed by atoms with van der Waals surface area (Å²) >= 11 is 1.61. The number of rotatable bonds is 3. The van der Waals surface area contributed by atoms with Gasteiger partial charge in [0, 0.05) is 9.75 Å². The van der Waals surface area contributed by atoms with Crippen LogP contribution in [0.25, 0.3) is 20.9 Å². The van der Waals surface area contributed by atoms with Gasteiger partial charge in [-0.25, -0.2) is 4.39 Å². The van der Waals surface area contributed by atoms with E-state index in [0.717, 1.165) is 20.9 Å². The molecule has 0 radical (unpaired) electrons. The van der Waals surface area contributed by atoms with Crippen molar-refractivity contribution in [3.05, 3.63) is 72.0 Å². The third kappa shape index (κ3) is 2.71. The van der Waals surface area contributed by atoms with Crippen molar-refractivity contribution in [3.8, 4) is 20.9 Å². The number of amidine groups is 1. The summed E-state index contributed by atoms with van der Waals surface area (Å²) in [5.41, 5.74) is 7.41. The molecule has 0 aliphatic carbocycles. The van der Waals surface area contributed by atoms with Gasteiger partial charge in [0.1, 0.15) is 11.7 Å². The van der Waals surface area contributed by atoms with E-state index in [1.54, 1.807) is 23.5 Å². The lowest BCUT2D eigenvalue weighted by Crippen LogP contribution is -2.12. The van der Waals surface area contributed by atoms with Crippen LogP contribution in [-0.2, 0) is 0 Å². The van der Waals surface area contributed by atoms with E-state index in [4.69, 9.17) is 11.1 Å². The number of thiophene rings is 1. The van der Waals surface area contributed by atoms with Crippen LogP contribution in [0.5, 0.6) is 0 Å². The molecule has 21 heavy (non-hydrogen) atoms. The van der Waals surface area contributed by atoms with Crippen molar-refractivity contribution in [1.29, 1.82) is 5.41 Å². The van der Waals surface area contributed by atoms with E-state index < -0.39 is 5.82 Å². The van der Waals surface area contributed by atoms with Crippen LogP contribution in [0, 0.1) is 11.2 Å². The van der Waals surface area contributed by atoms with Crippen LogP contribution in [0.1, 0.15) is 5.56 Å². The Kier molecular flexibility index (Phi) is 3.54. The first kappa shape index (κ1) is 13.5.